The molecule has 24 heavy (non-hydrogen) atoms. The van der Waals surface area contributed by atoms with Gasteiger partial charge in [0.25, 0.3) is 0 Å². The number of aryl methyl sites for hydroxylation is 1. The molecule has 0 amide bonds. The van der Waals surface area contributed by atoms with Crippen LogP contribution < -0.4 is 16.2 Å². The summed E-state index contributed by atoms with van der Waals surface area (Å²) in [5.41, 5.74) is 9.81. The number of nitrogens with one attached hydrogen (secondary N) is 1. The summed E-state index contributed by atoms with van der Waals surface area (Å²) in [4.78, 5) is 3.00. The lowest BCUT2D eigenvalue weighted by Crippen LogP contribution is -2.19. The second-order valence-corrected chi connectivity index (χ2v) is 5.83. The molecule has 0 aromatic heterocycles. The predicted molar refractivity (Wildman–Crippen MR) is 94.2 cm³/mol. The van der Waals surface area contributed by atoms with Crippen molar-refractivity contribution in [2.24, 2.45) is 0 Å². The minimum absolute atomic E-state index is 0.235. The molecule has 4 nitrogen and oxygen atoms in total. The molecule has 1 heterocycles. The number of hydrogen-bond donors (Lipinski definition) is 2. The number of nitrogens with two attached hydrogens (primary N) is 1. The Morgan fingerprint density at radius 3 is 2.29 bits per heavy atom. The van der Waals surface area contributed by atoms with Crippen LogP contribution >= 0.6 is 0 Å². The van der Waals surface area contributed by atoms with E-state index in [0.29, 0.717) is 21.7 Å². The summed E-state index contributed by atoms with van der Waals surface area (Å²) >= 11 is 0. The zero-order chi connectivity index (χ0) is 17.4. The summed E-state index contributed by atoms with van der Waals surface area (Å²) in [7, 11) is 0. The fourth-order valence-electron chi connectivity index (χ4n) is 2.97. The van der Waals surface area contributed by atoms with Crippen LogP contribution in [0.5, 0.6) is 0 Å². The van der Waals surface area contributed by atoms with Crippen molar-refractivity contribution in [3.63, 3.8) is 0 Å². The van der Waals surface area contributed by atoms with Gasteiger partial charge in [-0.15, -0.1) is 0 Å². The SMILES string of the molecule is C=c1c(C#N)c(N)[nH]c2c(C#N)c(C)/c(=C/c3ccc(C)cc3)c1=2. The van der Waals surface area contributed by atoms with Crippen LogP contribution in [-0.4, -0.2) is 4.98 Å². The van der Waals surface area contributed by atoms with Crippen LogP contribution in [0.25, 0.3) is 12.7 Å². The van der Waals surface area contributed by atoms with E-state index in [1.54, 1.807) is 0 Å². The molecule has 0 fully saturated rings. The molecule has 1 aromatic rings. The highest BCUT2D eigenvalue weighted by molar-refractivity contribution is 5.58. The average molecular weight is 312 g/mol. The Bertz CT molecular complexity index is 1200. The highest BCUT2D eigenvalue weighted by Crippen LogP contribution is 2.11. The predicted octanol–water partition coefficient (Wildman–Crippen LogP) is 1.92. The third-order valence-electron chi connectivity index (χ3n) is 4.29. The van der Waals surface area contributed by atoms with Gasteiger partial charge in [-0.1, -0.05) is 36.4 Å². The second-order valence-electron chi connectivity index (χ2n) is 5.83. The number of anilines is 1. The Labute approximate surface area is 139 Å². The van der Waals surface area contributed by atoms with E-state index in [0.717, 1.165) is 21.6 Å². The van der Waals surface area contributed by atoms with Gasteiger partial charge in [-0.2, -0.15) is 10.5 Å². The molecule has 1 aromatic carbocycles. The molecule has 0 radical (unpaired) electrons. The third kappa shape index (κ3) is 2.22. The minimum Gasteiger partial charge on any atom is -0.384 e. The molecule has 3 rings (SSSR count). The number of nitrogens with zero attached hydrogens (tertiary/aromatic N) is 2. The molecule has 116 valence electrons. The van der Waals surface area contributed by atoms with Crippen molar-refractivity contribution in [1.29, 1.82) is 10.5 Å². The van der Waals surface area contributed by atoms with E-state index >= 15 is 0 Å². The van der Waals surface area contributed by atoms with Crippen LogP contribution in [0, 0.1) is 47.1 Å². The van der Waals surface area contributed by atoms with E-state index in [2.05, 4.69) is 23.7 Å². The number of nitriles is 2. The first kappa shape index (κ1) is 15.4. The maximum absolute atomic E-state index is 9.53. The molecule has 0 saturated carbocycles. The molecule has 1 aliphatic heterocycles. The van der Waals surface area contributed by atoms with Gasteiger partial charge in [0.05, 0.1) is 16.5 Å². The lowest BCUT2D eigenvalue weighted by Gasteiger charge is -1.99. The lowest BCUT2D eigenvalue weighted by molar-refractivity contribution is 1.20. The largest absolute Gasteiger partial charge is 0.384 e. The van der Waals surface area contributed by atoms with Crippen molar-refractivity contribution in [3.05, 3.63) is 73.1 Å². The number of hydrogen-bond acceptors (Lipinski definition) is 3. The van der Waals surface area contributed by atoms with Crippen molar-refractivity contribution < 1.29 is 0 Å². The van der Waals surface area contributed by atoms with Crippen LogP contribution in [0.1, 0.15) is 27.8 Å². The maximum atomic E-state index is 9.53. The van der Waals surface area contributed by atoms with E-state index in [9.17, 15) is 10.5 Å². The van der Waals surface area contributed by atoms with E-state index in [-0.39, 0.29) is 5.82 Å². The highest BCUT2D eigenvalue weighted by Gasteiger charge is 2.13. The van der Waals surface area contributed by atoms with Crippen molar-refractivity contribution >= 4 is 18.5 Å². The van der Waals surface area contributed by atoms with Gasteiger partial charge < -0.3 is 10.7 Å². The van der Waals surface area contributed by atoms with E-state index in [1.807, 2.05) is 44.2 Å². The van der Waals surface area contributed by atoms with Gasteiger partial charge >= 0.3 is 0 Å². The average Bonchev–Trinajstić information content (AvgIpc) is 2.81. The number of benzene rings is 1. The third-order valence-corrected chi connectivity index (χ3v) is 4.29. The van der Waals surface area contributed by atoms with Crippen molar-refractivity contribution in [2.45, 2.75) is 13.8 Å². The first-order valence-electron chi connectivity index (χ1n) is 7.49. The molecule has 3 N–H and O–H groups in total. The molecular formula is C20H16N4. The minimum atomic E-state index is 0.235. The summed E-state index contributed by atoms with van der Waals surface area (Å²) in [5, 5.41) is 21.7. The van der Waals surface area contributed by atoms with Crippen molar-refractivity contribution in [2.75, 3.05) is 5.73 Å². The van der Waals surface area contributed by atoms with Crippen molar-refractivity contribution in [3.8, 4) is 12.1 Å². The number of rotatable bonds is 1. The quantitative estimate of drug-likeness (QED) is 0.719. The summed E-state index contributed by atoms with van der Waals surface area (Å²) < 4.78 is 0. The van der Waals surface area contributed by atoms with Gasteiger partial charge in [0.2, 0.25) is 0 Å². The molecule has 0 saturated heterocycles. The van der Waals surface area contributed by atoms with E-state index < -0.39 is 0 Å². The van der Waals surface area contributed by atoms with Gasteiger partial charge in [-0.3, -0.25) is 0 Å². The normalized spacial score (nSPS) is 11.4. The molecule has 0 spiro atoms. The van der Waals surface area contributed by atoms with Crippen molar-refractivity contribution in [1.82, 2.24) is 4.98 Å². The number of aromatic nitrogens is 1. The smallest absolute Gasteiger partial charge is 0.119 e. The molecule has 1 aliphatic carbocycles. The van der Waals surface area contributed by atoms with Crippen LogP contribution in [0.2, 0.25) is 0 Å². The summed E-state index contributed by atoms with van der Waals surface area (Å²) in [6.07, 6.45) is 2.01. The van der Waals surface area contributed by atoms with Gasteiger partial charge in [0.15, 0.2) is 0 Å². The number of aromatic amines is 1. The monoisotopic (exact) mass is 312 g/mol. The molecular weight excluding hydrogens is 296 g/mol. The molecule has 0 atom stereocenters. The van der Waals surface area contributed by atoms with Crippen LogP contribution in [-0.2, 0) is 0 Å². The topological polar surface area (TPSA) is 89.4 Å². The van der Waals surface area contributed by atoms with Crippen LogP contribution in [0.4, 0.5) is 5.82 Å². The first-order chi connectivity index (χ1) is 11.5. The van der Waals surface area contributed by atoms with Gasteiger partial charge in [0.1, 0.15) is 18.0 Å². The molecule has 0 bridgehead atoms. The van der Waals surface area contributed by atoms with E-state index in [1.165, 1.54) is 5.56 Å². The fraction of sp³-hybridized carbons (Fsp3) is 0.100. The summed E-state index contributed by atoms with van der Waals surface area (Å²) in [5.74, 6) is 0.235. The standard InChI is InChI=1S/C20H16N4/c1-11-4-6-14(7-5-11)8-15-12(2)16(9-21)19-18(15)13(3)17(10-22)20(23)24-19/h4-8,24H,3,23H2,1-2H3/b15-8-. The zero-order valence-corrected chi connectivity index (χ0v) is 13.6. The molecule has 0 unspecified atom stereocenters. The zero-order valence-electron chi connectivity index (χ0n) is 13.6. The van der Waals surface area contributed by atoms with Crippen LogP contribution in [0.15, 0.2) is 24.3 Å². The van der Waals surface area contributed by atoms with Gasteiger partial charge in [0, 0.05) is 5.22 Å². The fourth-order valence-corrected chi connectivity index (χ4v) is 2.97. The Balaban J connectivity index is 2.55. The molecule has 4 heteroatoms. The van der Waals surface area contributed by atoms with Gasteiger partial charge in [-0.25, -0.2) is 0 Å². The second kappa shape index (κ2) is 5.61. The Morgan fingerprint density at radius 1 is 1.08 bits per heavy atom. The molecule has 2 aliphatic rings. The maximum Gasteiger partial charge on any atom is 0.119 e. The highest BCUT2D eigenvalue weighted by atomic mass is 14.8. The summed E-state index contributed by atoms with van der Waals surface area (Å²) in [6, 6.07) is 12.4. The Kier molecular flexibility index (Phi) is 3.60. The van der Waals surface area contributed by atoms with Crippen LogP contribution in [0.3, 0.4) is 0 Å². The Hall–Kier alpha value is -3.50. The summed E-state index contributed by atoms with van der Waals surface area (Å²) in [6.45, 7) is 7.96. The number of nitrogen functional groups attached to an aromatic ring is 1. The first-order valence-corrected chi connectivity index (χ1v) is 7.49. The Morgan fingerprint density at radius 2 is 1.71 bits per heavy atom. The van der Waals surface area contributed by atoms with E-state index in [4.69, 9.17) is 5.73 Å². The number of H-pyrrole nitrogens is 1. The lowest BCUT2D eigenvalue weighted by atomic mass is 10.1. The van der Waals surface area contributed by atoms with Gasteiger partial charge in [-0.05, 0) is 41.5 Å².